The van der Waals surface area contributed by atoms with Crippen molar-refractivity contribution in [3.63, 3.8) is 0 Å². The Morgan fingerprint density at radius 1 is 1.56 bits per heavy atom. The van der Waals surface area contributed by atoms with Gasteiger partial charge in [-0.1, -0.05) is 22.0 Å². The Morgan fingerprint density at radius 3 is 2.94 bits per heavy atom. The number of hydrogen-bond acceptors (Lipinski definition) is 2. The maximum atomic E-state index is 12.9. The van der Waals surface area contributed by atoms with Crippen molar-refractivity contribution < 1.29 is 13.6 Å². The van der Waals surface area contributed by atoms with Crippen LogP contribution in [-0.4, -0.2) is 24.7 Å². The van der Waals surface area contributed by atoms with E-state index in [4.69, 9.17) is 0 Å². The minimum Gasteiger partial charge on any atom is -0.351 e. The summed E-state index contributed by atoms with van der Waals surface area (Å²) in [5.74, 6) is -0.568. The van der Waals surface area contributed by atoms with E-state index < -0.39 is 12.2 Å². The first-order chi connectivity index (χ1) is 8.56. The molecule has 1 heterocycles. The van der Waals surface area contributed by atoms with Gasteiger partial charge in [-0.05, 0) is 17.7 Å². The Morgan fingerprint density at radius 2 is 2.33 bits per heavy atom. The van der Waals surface area contributed by atoms with E-state index in [2.05, 4.69) is 26.6 Å². The number of carbonyl (C=O) groups excluding carboxylic acids is 1. The smallest absolute Gasteiger partial charge is 0.237 e. The molecule has 1 saturated heterocycles. The van der Waals surface area contributed by atoms with Crippen LogP contribution < -0.4 is 10.6 Å². The molecule has 18 heavy (non-hydrogen) atoms. The van der Waals surface area contributed by atoms with Crippen molar-refractivity contribution in [2.45, 2.75) is 25.2 Å². The molecular weight excluding hydrogens is 306 g/mol. The van der Waals surface area contributed by atoms with Crippen molar-refractivity contribution in [3.05, 3.63) is 34.1 Å². The molecule has 0 bridgehead atoms. The van der Waals surface area contributed by atoms with E-state index in [9.17, 15) is 13.6 Å². The highest BCUT2D eigenvalue weighted by Gasteiger charge is 2.28. The van der Waals surface area contributed by atoms with Crippen molar-refractivity contribution >= 4 is 21.8 Å². The second-order valence-electron chi connectivity index (χ2n) is 4.25. The van der Waals surface area contributed by atoms with Gasteiger partial charge in [-0.15, -0.1) is 0 Å². The molecule has 2 rings (SSSR count). The number of halogens is 3. The van der Waals surface area contributed by atoms with Gasteiger partial charge in [0.2, 0.25) is 5.91 Å². The van der Waals surface area contributed by atoms with E-state index in [0.717, 1.165) is 5.56 Å². The van der Waals surface area contributed by atoms with Crippen LogP contribution in [0.5, 0.6) is 0 Å². The topological polar surface area (TPSA) is 41.1 Å². The van der Waals surface area contributed by atoms with Crippen molar-refractivity contribution in [1.82, 2.24) is 10.6 Å². The highest BCUT2D eigenvalue weighted by molar-refractivity contribution is 9.10. The first-order valence-corrected chi connectivity index (χ1v) is 6.44. The van der Waals surface area contributed by atoms with E-state index in [1.165, 1.54) is 12.1 Å². The van der Waals surface area contributed by atoms with Crippen LogP contribution in [0, 0.1) is 5.82 Å². The summed E-state index contributed by atoms with van der Waals surface area (Å²) in [4.78, 5) is 11.7. The number of rotatable bonds is 3. The molecule has 0 radical (unpaired) electrons. The summed E-state index contributed by atoms with van der Waals surface area (Å²) in [6.45, 7) is 0.507. The molecule has 0 aliphatic carbocycles. The van der Waals surface area contributed by atoms with E-state index in [1.54, 1.807) is 6.07 Å². The van der Waals surface area contributed by atoms with Gasteiger partial charge in [0.1, 0.15) is 12.0 Å². The highest BCUT2D eigenvalue weighted by atomic mass is 79.9. The zero-order valence-electron chi connectivity index (χ0n) is 9.55. The van der Waals surface area contributed by atoms with Gasteiger partial charge in [-0.3, -0.25) is 4.79 Å². The van der Waals surface area contributed by atoms with Crippen molar-refractivity contribution in [2.75, 3.05) is 6.54 Å². The summed E-state index contributed by atoms with van der Waals surface area (Å²) < 4.78 is 26.4. The molecule has 2 N–H and O–H groups in total. The van der Waals surface area contributed by atoms with Crippen molar-refractivity contribution in [2.24, 2.45) is 0 Å². The Bertz CT molecular complexity index is 456. The molecule has 0 aromatic heterocycles. The van der Waals surface area contributed by atoms with E-state index in [1.807, 2.05) is 0 Å². The van der Waals surface area contributed by atoms with Gasteiger partial charge in [-0.25, -0.2) is 8.78 Å². The maximum Gasteiger partial charge on any atom is 0.237 e. The van der Waals surface area contributed by atoms with E-state index in [0.29, 0.717) is 4.47 Å². The standard InChI is InChI=1S/C12H13BrF2N2O/c13-10-3-8(14)2-1-7(10)5-17-12(18)11-4-9(15)6-16-11/h1-3,9,11,16H,4-6H2,(H,17,18)/t9-,11+/m0/s1. The summed E-state index contributed by atoms with van der Waals surface area (Å²) in [5, 5.41) is 5.51. The predicted molar refractivity (Wildman–Crippen MR) is 67.3 cm³/mol. The van der Waals surface area contributed by atoms with Gasteiger partial charge < -0.3 is 10.6 Å². The molecule has 6 heteroatoms. The molecule has 1 fully saturated rings. The lowest BCUT2D eigenvalue weighted by Gasteiger charge is -2.11. The summed E-state index contributed by atoms with van der Waals surface area (Å²) >= 11 is 3.22. The summed E-state index contributed by atoms with van der Waals surface area (Å²) in [6, 6.07) is 3.80. The number of carbonyl (C=O) groups is 1. The predicted octanol–water partition coefficient (Wildman–Crippen LogP) is 1.90. The maximum absolute atomic E-state index is 12.9. The monoisotopic (exact) mass is 318 g/mol. The Hall–Kier alpha value is -1.01. The molecule has 0 spiro atoms. The Balaban J connectivity index is 1.89. The van der Waals surface area contributed by atoms with Crippen LogP contribution in [0.25, 0.3) is 0 Å². The van der Waals surface area contributed by atoms with Gasteiger partial charge in [0, 0.05) is 24.0 Å². The second-order valence-corrected chi connectivity index (χ2v) is 5.10. The van der Waals surface area contributed by atoms with Crippen LogP contribution in [-0.2, 0) is 11.3 Å². The lowest BCUT2D eigenvalue weighted by Crippen LogP contribution is -2.40. The van der Waals surface area contributed by atoms with E-state index in [-0.39, 0.29) is 31.2 Å². The fraction of sp³-hybridized carbons (Fsp3) is 0.417. The number of benzene rings is 1. The summed E-state index contributed by atoms with van der Waals surface area (Å²) in [7, 11) is 0. The molecular formula is C12H13BrF2N2O. The Kier molecular flexibility index (Phi) is 4.29. The lowest BCUT2D eigenvalue weighted by molar-refractivity contribution is -0.123. The molecule has 1 aromatic rings. The molecule has 1 aliphatic rings. The van der Waals surface area contributed by atoms with Crippen LogP contribution in [0.15, 0.2) is 22.7 Å². The molecule has 0 saturated carbocycles. The van der Waals surface area contributed by atoms with E-state index >= 15 is 0 Å². The zero-order valence-corrected chi connectivity index (χ0v) is 11.1. The quantitative estimate of drug-likeness (QED) is 0.893. The third kappa shape index (κ3) is 3.26. The molecule has 98 valence electrons. The van der Waals surface area contributed by atoms with Gasteiger partial charge >= 0.3 is 0 Å². The molecule has 2 atom stereocenters. The third-order valence-corrected chi connectivity index (χ3v) is 3.60. The fourth-order valence-electron chi connectivity index (χ4n) is 1.86. The second kappa shape index (κ2) is 5.75. The fourth-order valence-corrected chi connectivity index (χ4v) is 2.35. The summed E-state index contributed by atoms with van der Waals surface area (Å²) in [6.07, 6.45) is -0.755. The van der Waals surface area contributed by atoms with Crippen LogP contribution in [0.2, 0.25) is 0 Å². The van der Waals surface area contributed by atoms with Crippen LogP contribution >= 0.6 is 15.9 Å². The molecule has 1 aromatic carbocycles. The number of nitrogens with one attached hydrogen (secondary N) is 2. The zero-order chi connectivity index (χ0) is 13.1. The average molecular weight is 319 g/mol. The van der Waals surface area contributed by atoms with Gasteiger partial charge in [-0.2, -0.15) is 0 Å². The number of alkyl halides is 1. The van der Waals surface area contributed by atoms with Crippen molar-refractivity contribution in [1.29, 1.82) is 0 Å². The van der Waals surface area contributed by atoms with Crippen molar-refractivity contribution in [3.8, 4) is 0 Å². The van der Waals surface area contributed by atoms with Gasteiger partial charge in [0.15, 0.2) is 0 Å². The molecule has 0 unspecified atom stereocenters. The average Bonchev–Trinajstić information content (AvgIpc) is 2.74. The highest BCUT2D eigenvalue weighted by Crippen LogP contribution is 2.18. The first kappa shape index (κ1) is 13.4. The first-order valence-electron chi connectivity index (χ1n) is 5.65. The molecule has 3 nitrogen and oxygen atoms in total. The summed E-state index contributed by atoms with van der Waals surface area (Å²) in [5.41, 5.74) is 0.777. The largest absolute Gasteiger partial charge is 0.351 e. The Labute approximate surface area is 112 Å². The molecule has 1 aliphatic heterocycles. The molecule has 1 amide bonds. The third-order valence-electron chi connectivity index (χ3n) is 2.86. The SMILES string of the molecule is O=C(NCc1ccc(F)cc1Br)[C@H]1C[C@H](F)CN1. The minimum absolute atomic E-state index is 0.205. The van der Waals surface area contributed by atoms with Crippen LogP contribution in [0.3, 0.4) is 0 Å². The van der Waals surface area contributed by atoms with Gasteiger partial charge in [0.25, 0.3) is 0 Å². The normalized spacial score (nSPS) is 23.1. The van der Waals surface area contributed by atoms with Crippen LogP contribution in [0.4, 0.5) is 8.78 Å². The number of hydrogen-bond donors (Lipinski definition) is 2. The van der Waals surface area contributed by atoms with Gasteiger partial charge in [0.05, 0.1) is 6.04 Å². The number of amides is 1. The lowest BCUT2D eigenvalue weighted by atomic mass is 10.2. The minimum atomic E-state index is -0.960. The van der Waals surface area contributed by atoms with Crippen LogP contribution in [0.1, 0.15) is 12.0 Å².